The van der Waals surface area contributed by atoms with E-state index in [0.29, 0.717) is 22.5 Å². The summed E-state index contributed by atoms with van der Waals surface area (Å²) in [5.74, 6) is -2.14. The number of hydrogen-bond acceptors (Lipinski definition) is 9. The van der Waals surface area contributed by atoms with E-state index in [1.54, 1.807) is 36.4 Å². The zero-order chi connectivity index (χ0) is 25.2. The molecule has 3 aromatic rings. The fourth-order valence-corrected chi connectivity index (χ4v) is 4.41. The molecule has 35 heavy (non-hydrogen) atoms. The average Bonchev–Trinajstić information content (AvgIpc) is 3.24. The molecule has 0 spiro atoms. The van der Waals surface area contributed by atoms with E-state index < -0.39 is 39.6 Å². The van der Waals surface area contributed by atoms with Crippen LogP contribution in [0.25, 0.3) is 11.4 Å². The first kappa shape index (κ1) is 24.3. The van der Waals surface area contributed by atoms with Crippen LogP contribution in [0.2, 0.25) is 0 Å². The number of nitrogens with one attached hydrogen (secondary N) is 2. The number of aromatic amines is 1. The SMILES string of the molecule is CS(=O)(=O)Cc1cccc(N2CCO[C@H]([C@@H](O)C(=O)Nc3ccc(-c4noc(=O)[nH]4)cc3)C2=O)c1. The fraction of sp³-hybridized carbons (Fsp3) is 0.273. The molecule has 3 N–H and O–H groups in total. The molecule has 184 valence electrons. The number of morpholine rings is 1. The molecule has 4 rings (SSSR count). The number of rotatable bonds is 7. The number of aromatic nitrogens is 2. The van der Waals surface area contributed by atoms with Gasteiger partial charge in [0, 0.05) is 29.7 Å². The van der Waals surface area contributed by atoms with E-state index in [1.807, 2.05) is 0 Å². The summed E-state index contributed by atoms with van der Waals surface area (Å²) in [6, 6.07) is 12.7. The van der Waals surface area contributed by atoms with Crippen molar-refractivity contribution in [2.24, 2.45) is 0 Å². The highest BCUT2D eigenvalue weighted by Crippen LogP contribution is 2.23. The second kappa shape index (κ2) is 9.82. The van der Waals surface area contributed by atoms with E-state index in [2.05, 4.69) is 20.0 Å². The van der Waals surface area contributed by atoms with E-state index >= 15 is 0 Å². The number of sulfone groups is 1. The number of aliphatic hydroxyl groups excluding tert-OH is 1. The van der Waals surface area contributed by atoms with Gasteiger partial charge < -0.3 is 20.1 Å². The van der Waals surface area contributed by atoms with Crippen molar-refractivity contribution in [2.75, 3.05) is 29.6 Å². The van der Waals surface area contributed by atoms with Crippen molar-refractivity contribution in [2.45, 2.75) is 18.0 Å². The van der Waals surface area contributed by atoms with Crippen LogP contribution >= 0.6 is 0 Å². The van der Waals surface area contributed by atoms with Crippen LogP contribution in [0.15, 0.2) is 57.8 Å². The number of anilines is 2. The molecule has 1 saturated heterocycles. The third kappa shape index (κ3) is 5.82. The van der Waals surface area contributed by atoms with E-state index in [4.69, 9.17) is 4.74 Å². The van der Waals surface area contributed by atoms with Gasteiger partial charge in [0.1, 0.15) is 0 Å². The molecule has 1 aromatic heterocycles. The summed E-state index contributed by atoms with van der Waals surface area (Å²) in [7, 11) is -3.27. The minimum atomic E-state index is -3.27. The second-order valence-electron chi connectivity index (χ2n) is 7.98. The molecule has 2 amide bonds. The number of carbonyl (C=O) groups is 2. The number of amides is 2. The maximum atomic E-state index is 13.0. The summed E-state index contributed by atoms with van der Waals surface area (Å²) < 4.78 is 33.1. The van der Waals surface area contributed by atoms with E-state index in [9.17, 15) is 27.9 Å². The number of ether oxygens (including phenoxy) is 1. The minimum absolute atomic E-state index is 0.0711. The van der Waals surface area contributed by atoms with Crippen LogP contribution in [0.3, 0.4) is 0 Å². The van der Waals surface area contributed by atoms with E-state index in [1.165, 1.54) is 17.0 Å². The third-order valence-electron chi connectivity index (χ3n) is 5.19. The Bertz CT molecular complexity index is 1400. The van der Waals surface area contributed by atoms with Crippen LogP contribution in [-0.4, -0.2) is 67.1 Å². The molecule has 0 bridgehead atoms. The first-order valence-corrected chi connectivity index (χ1v) is 12.5. The lowest BCUT2D eigenvalue weighted by molar-refractivity contribution is -0.150. The van der Waals surface area contributed by atoms with Crippen molar-refractivity contribution in [3.8, 4) is 11.4 Å². The lowest BCUT2D eigenvalue weighted by atomic mass is 10.1. The molecule has 2 atom stereocenters. The van der Waals surface area contributed by atoms with Gasteiger partial charge in [-0.3, -0.25) is 19.1 Å². The summed E-state index contributed by atoms with van der Waals surface area (Å²) in [5, 5.41) is 16.6. The molecule has 0 unspecified atom stereocenters. The molecule has 1 fully saturated rings. The molecule has 0 saturated carbocycles. The Morgan fingerprint density at radius 2 is 2.00 bits per heavy atom. The molecular weight excluding hydrogens is 480 g/mol. The Hall–Kier alpha value is -3.81. The minimum Gasteiger partial charge on any atom is -0.380 e. The lowest BCUT2D eigenvalue weighted by Crippen LogP contribution is -2.55. The average molecular weight is 503 g/mol. The van der Waals surface area contributed by atoms with Gasteiger partial charge in [-0.25, -0.2) is 13.2 Å². The van der Waals surface area contributed by atoms with Crippen molar-refractivity contribution in [1.82, 2.24) is 10.1 Å². The van der Waals surface area contributed by atoms with Gasteiger partial charge in [0.05, 0.1) is 12.4 Å². The zero-order valence-corrected chi connectivity index (χ0v) is 19.3. The maximum Gasteiger partial charge on any atom is 0.439 e. The smallest absolute Gasteiger partial charge is 0.380 e. The Balaban J connectivity index is 1.44. The van der Waals surface area contributed by atoms with Gasteiger partial charge in [0.2, 0.25) is 0 Å². The molecule has 2 heterocycles. The fourth-order valence-electron chi connectivity index (χ4n) is 3.62. The Morgan fingerprint density at radius 3 is 2.66 bits per heavy atom. The molecule has 0 radical (unpaired) electrons. The zero-order valence-electron chi connectivity index (χ0n) is 18.5. The van der Waals surface area contributed by atoms with Crippen LogP contribution in [0.5, 0.6) is 0 Å². The quantitative estimate of drug-likeness (QED) is 0.411. The standard InChI is InChI=1S/C22H22N4O8S/c1-35(31,32)12-13-3-2-4-16(11-13)26-9-10-33-18(21(26)29)17(27)20(28)23-15-7-5-14(6-8-15)19-24-22(30)34-25-19/h2-8,11,17-18,27H,9-10,12H2,1H3,(H,23,28)(H,24,25,30)/t17-,18-/m1/s1. The Labute approximate surface area is 199 Å². The van der Waals surface area contributed by atoms with Crippen LogP contribution in [0, 0.1) is 0 Å². The molecule has 13 heteroatoms. The van der Waals surface area contributed by atoms with Gasteiger partial charge in [-0.05, 0) is 42.0 Å². The number of H-pyrrole nitrogens is 1. The molecule has 2 aromatic carbocycles. The van der Waals surface area contributed by atoms with Gasteiger partial charge in [-0.2, -0.15) is 0 Å². The monoisotopic (exact) mass is 502 g/mol. The topological polar surface area (TPSA) is 172 Å². The lowest BCUT2D eigenvalue weighted by Gasteiger charge is -2.34. The Morgan fingerprint density at radius 1 is 1.26 bits per heavy atom. The van der Waals surface area contributed by atoms with Gasteiger partial charge in [0.15, 0.2) is 27.9 Å². The molecule has 12 nitrogen and oxygen atoms in total. The van der Waals surface area contributed by atoms with Crippen molar-refractivity contribution in [3.05, 3.63) is 64.6 Å². The van der Waals surface area contributed by atoms with Crippen LogP contribution in [-0.2, 0) is 29.9 Å². The van der Waals surface area contributed by atoms with Gasteiger partial charge in [-0.15, -0.1) is 0 Å². The number of carbonyl (C=O) groups excluding carboxylic acids is 2. The van der Waals surface area contributed by atoms with E-state index in [0.717, 1.165) is 6.26 Å². The highest BCUT2D eigenvalue weighted by Gasteiger charge is 2.39. The summed E-state index contributed by atoms with van der Waals surface area (Å²) in [6.45, 7) is 0.249. The second-order valence-corrected chi connectivity index (χ2v) is 10.1. The first-order valence-electron chi connectivity index (χ1n) is 10.5. The number of hydrogen-bond donors (Lipinski definition) is 3. The van der Waals surface area contributed by atoms with Gasteiger partial charge in [0.25, 0.3) is 11.8 Å². The maximum absolute atomic E-state index is 13.0. The summed E-state index contributed by atoms with van der Waals surface area (Å²) in [4.78, 5) is 40.5. The summed E-state index contributed by atoms with van der Waals surface area (Å²) in [5.41, 5.74) is 1.82. The number of benzene rings is 2. The van der Waals surface area contributed by atoms with Crippen molar-refractivity contribution in [3.63, 3.8) is 0 Å². The molecule has 1 aliphatic rings. The summed E-state index contributed by atoms with van der Waals surface area (Å²) in [6.07, 6.45) is -2.12. The Kier molecular flexibility index (Phi) is 6.82. The molecule has 0 aliphatic carbocycles. The third-order valence-corrected chi connectivity index (χ3v) is 6.05. The van der Waals surface area contributed by atoms with Crippen LogP contribution in [0.4, 0.5) is 11.4 Å². The van der Waals surface area contributed by atoms with E-state index in [-0.39, 0.29) is 24.7 Å². The van der Waals surface area contributed by atoms with Crippen molar-refractivity contribution in [1.29, 1.82) is 0 Å². The number of nitrogens with zero attached hydrogens (tertiary/aromatic N) is 2. The number of aliphatic hydroxyl groups is 1. The highest BCUT2D eigenvalue weighted by atomic mass is 32.2. The van der Waals surface area contributed by atoms with Crippen molar-refractivity contribution >= 4 is 33.0 Å². The highest BCUT2D eigenvalue weighted by molar-refractivity contribution is 7.89. The first-order chi connectivity index (χ1) is 16.6. The van der Waals surface area contributed by atoms with Gasteiger partial charge >= 0.3 is 5.76 Å². The van der Waals surface area contributed by atoms with Gasteiger partial charge in [-0.1, -0.05) is 17.3 Å². The molecular formula is C22H22N4O8S. The predicted molar refractivity (Wildman–Crippen MR) is 124 cm³/mol. The van der Waals surface area contributed by atoms with Crippen LogP contribution in [0.1, 0.15) is 5.56 Å². The summed E-state index contributed by atoms with van der Waals surface area (Å²) >= 11 is 0. The normalized spacial score (nSPS) is 17.3. The predicted octanol–water partition coefficient (Wildman–Crippen LogP) is 0.306. The largest absolute Gasteiger partial charge is 0.439 e. The van der Waals surface area contributed by atoms with Crippen molar-refractivity contribution < 1.29 is 32.4 Å². The van der Waals surface area contributed by atoms with Crippen LogP contribution < -0.4 is 16.0 Å². The molecule has 1 aliphatic heterocycles.